The van der Waals surface area contributed by atoms with Gasteiger partial charge in [-0.25, -0.2) is 4.39 Å². The van der Waals surface area contributed by atoms with Crippen LogP contribution in [0.2, 0.25) is 5.28 Å². The minimum Gasteiger partial charge on any atom is -0.341 e. The van der Waals surface area contributed by atoms with Crippen molar-refractivity contribution in [2.45, 2.75) is 27.7 Å². The molecule has 0 unspecified atom stereocenters. The maximum absolute atomic E-state index is 14.3. The Morgan fingerprint density at radius 2 is 1.76 bits per heavy atom. The van der Waals surface area contributed by atoms with E-state index in [0.717, 1.165) is 24.2 Å². The number of benzene rings is 1. The van der Waals surface area contributed by atoms with Crippen molar-refractivity contribution in [2.24, 2.45) is 0 Å². The van der Waals surface area contributed by atoms with E-state index in [1.807, 2.05) is 38.7 Å². The number of nitrogens with zero attached hydrogens (tertiary/aromatic N) is 4. The molecule has 1 aromatic heterocycles. The van der Waals surface area contributed by atoms with Gasteiger partial charge in [0, 0.05) is 13.1 Å². The minimum atomic E-state index is -0.347. The fourth-order valence-electron chi connectivity index (χ4n) is 2.30. The van der Waals surface area contributed by atoms with Gasteiger partial charge in [-0.15, -0.1) is 0 Å². The van der Waals surface area contributed by atoms with E-state index in [2.05, 4.69) is 15.0 Å². The molecule has 0 saturated heterocycles. The molecule has 0 N–H and O–H groups in total. The first-order valence-corrected chi connectivity index (χ1v) is 7.27. The van der Waals surface area contributed by atoms with Crippen LogP contribution in [0.1, 0.15) is 25.0 Å². The third-order valence-corrected chi connectivity index (χ3v) is 3.47. The van der Waals surface area contributed by atoms with Gasteiger partial charge < -0.3 is 4.90 Å². The highest BCUT2D eigenvalue weighted by molar-refractivity contribution is 6.28. The van der Waals surface area contributed by atoms with Crippen molar-refractivity contribution >= 4 is 17.5 Å². The zero-order valence-electron chi connectivity index (χ0n) is 12.6. The van der Waals surface area contributed by atoms with Gasteiger partial charge in [0.1, 0.15) is 5.82 Å². The summed E-state index contributed by atoms with van der Waals surface area (Å²) in [5.41, 5.74) is 2.01. The summed E-state index contributed by atoms with van der Waals surface area (Å²) < 4.78 is 14.3. The molecule has 1 aromatic carbocycles. The molecule has 112 valence electrons. The van der Waals surface area contributed by atoms with Crippen molar-refractivity contribution < 1.29 is 4.39 Å². The summed E-state index contributed by atoms with van der Waals surface area (Å²) in [5.74, 6) is 0.390. The second kappa shape index (κ2) is 6.35. The van der Waals surface area contributed by atoms with Crippen LogP contribution < -0.4 is 4.90 Å². The van der Waals surface area contributed by atoms with Gasteiger partial charge in [0.25, 0.3) is 0 Å². The highest BCUT2D eigenvalue weighted by atomic mass is 35.5. The van der Waals surface area contributed by atoms with Gasteiger partial charge in [0.15, 0.2) is 5.82 Å². The average molecular weight is 309 g/mol. The summed E-state index contributed by atoms with van der Waals surface area (Å²) in [6.07, 6.45) is 0. The van der Waals surface area contributed by atoms with Gasteiger partial charge >= 0.3 is 0 Å². The molecule has 4 nitrogen and oxygen atoms in total. The molecule has 1 heterocycles. The summed E-state index contributed by atoms with van der Waals surface area (Å²) >= 11 is 5.98. The molecule has 0 aliphatic heterocycles. The Bertz CT molecular complexity index is 633. The minimum absolute atomic E-state index is 0.0706. The molecular weight excluding hydrogens is 291 g/mol. The van der Waals surface area contributed by atoms with Gasteiger partial charge in [-0.1, -0.05) is 6.07 Å². The van der Waals surface area contributed by atoms with E-state index >= 15 is 0 Å². The second-order valence-electron chi connectivity index (χ2n) is 4.84. The Morgan fingerprint density at radius 1 is 1.10 bits per heavy atom. The summed E-state index contributed by atoms with van der Waals surface area (Å²) in [4.78, 5) is 14.5. The van der Waals surface area contributed by atoms with Crippen molar-refractivity contribution in [3.63, 3.8) is 0 Å². The first-order chi connectivity index (χ1) is 9.96. The van der Waals surface area contributed by atoms with Crippen molar-refractivity contribution in [3.8, 4) is 11.4 Å². The van der Waals surface area contributed by atoms with Crippen molar-refractivity contribution in [3.05, 3.63) is 34.4 Å². The molecule has 0 atom stereocenters. The summed E-state index contributed by atoms with van der Waals surface area (Å²) in [5, 5.41) is 0.0706. The monoisotopic (exact) mass is 308 g/mol. The van der Waals surface area contributed by atoms with Gasteiger partial charge in [-0.05, 0) is 56.5 Å². The van der Waals surface area contributed by atoms with Crippen LogP contribution in [0, 0.1) is 19.7 Å². The molecule has 0 aliphatic carbocycles. The van der Waals surface area contributed by atoms with Crippen LogP contribution in [0.4, 0.5) is 10.3 Å². The molecule has 6 heteroatoms. The van der Waals surface area contributed by atoms with Crippen molar-refractivity contribution in [2.75, 3.05) is 18.0 Å². The van der Waals surface area contributed by atoms with E-state index in [1.165, 1.54) is 6.07 Å². The van der Waals surface area contributed by atoms with E-state index in [1.54, 1.807) is 0 Å². The topological polar surface area (TPSA) is 41.9 Å². The van der Waals surface area contributed by atoms with Crippen LogP contribution in [0.25, 0.3) is 11.4 Å². The number of hydrogen-bond donors (Lipinski definition) is 0. The predicted molar refractivity (Wildman–Crippen MR) is 83.3 cm³/mol. The Morgan fingerprint density at radius 3 is 2.33 bits per heavy atom. The number of aromatic nitrogens is 3. The molecule has 2 aromatic rings. The van der Waals surface area contributed by atoms with Gasteiger partial charge in [0.05, 0.1) is 5.56 Å². The Kier molecular flexibility index (Phi) is 4.73. The first-order valence-electron chi connectivity index (χ1n) is 6.89. The molecule has 0 fully saturated rings. The van der Waals surface area contributed by atoms with Crippen molar-refractivity contribution in [1.29, 1.82) is 0 Å². The lowest BCUT2D eigenvalue weighted by molar-refractivity contribution is 0.627. The smallest absolute Gasteiger partial charge is 0.230 e. The SMILES string of the molecule is CCN(CC)c1nc(Cl)nc(-c2c(C)cc(C)cc2F)n1. The van der Waals surface area contributed by atoms with E-state index in [0.29, 0.717) is 11.5 Å². The molecule has 21 heavy (non-hydrogen) atoms. The van der Waals surface area contributed by atoms with Crippen LogP contribution in [-0.4, -0.2) is 28.0 Å². The third-order valence-electron chi connectivity index (χ3n) is 3.30. The molecule has 2 rings (SSSR count). The Hall–Kier alpha value is -1.75. The molecule has 0 radical (unpaired) electrons. The molecule has 0 saturated carbocycles. The summed E-state index contributed by atoms with van der Waals surface area (Å²) in [6.45, 7) is 9.16. The summed E-state index contributed by atoms with van der Waals surface area (Å²) in [6, 6.07) is 3.37. The zero-order valence-corrected chi connectivity index (χ0v) is 13.4. The number of halogens is 2. The van der Waals surface area contributed by atoms with Gasteiger partial charge in [-0.3, -0.25) is 0 Å². The Balaban J connectivity index is 2.60. The molecule has 0 spiro atoms. The van der Waals surface area contributed by atoms with Crippen LogP contribution in [0.5, 0.6) is 0 Å². The fraction of sp³-hybridized carbons (Fsp3) is 0.400. The average Bonchev–Trinajstić information content (AvgIpc) is 2.38. The van der Waals surface area contributed by atoms with Crippen LogP contribution in [-0.2, 0) is 0 Å². The molecule has 0 amide bonds. The van der Waals surface area contributed by atoms with E-state index < -0.39 is 0 Å². The standard InChI is InChI=1S/C15H18ClFN4/c1-5-21(6-2)15-19-13(18-14(16)20-15)12-10(4)7-9(3)8-11(12)17/h7-8H,5-6H2,1-4H3. The van der Waals surface area contributed by atoms with E-state index in [-0.39, 0.29) is 16.9 Å². The molecular formula is C15H18ClFN4. The fourth-order valence-corrected chi connectivity index (χ4v) is 2.45. The van der Waals surface area contributed by atoms with Crippen LogP contribution in [0.15, 0.2) is 12.1 Å². The first kappa shape index (κ1) is 15.6. The maximum atomic E-state index is 14.3. The lowest BCUT2D eigenvalue weighted by Gasteiger charge is -2.19. The third kappa shape index (κ3) is 3.29. The van der Waals surface area contributed by atoms with Crippen LogP contribution >= 0.6 is 11.6 Å². The van der Waals surface area contributed by atoms with Gasteiger partial charge in [0.2, 0.25) is 11.2 Å². The lowest BCUT2D eigenvalue weighted by atomic mass is 10.0. The number of aryl methyl sites for hydroxylation is 2. The maximum Gasteiger partial charge on any atom is 0.230 e. The predicted octanol–water partition coefficient (Wildman–Crippen LogP) is 3.79. The highest BCUT2D eigenvalue weighted by Gasteiger charge is 2.16. The number of hydrogen-bond acceptors (Lipinski definition) is 4. The second-order valence-corrected chi connectivity index (χ2v) is 5.18. The summed E-state index contributed by atoms with van der Waals surface area (Å²) in [7, 11) is 0. The molecule has 0 bridgehead atoms. The van der Waals surface area contributed by atoms with Crippen LogP contribution in [0.3, 0.4) is 0 Å². The highest BCUT2D eigenvalue weighted by Crippen LogP contribution is 2.26. The van der Waals surface area contributed by atoms with Gasteiger partial charge in [-0.2, -0.15) is 15.0 Å². The normalized spacial score (nSPS) is 10.8. The largest absolute Gasteiger partial charge is 0.341 e. The lowest BCUT2D eigenvalue weighted by Crippen LogP contribution is -2.24. The van der Waals surface area contributed by atoms with E-state index in [4.69, 9.17) is 11.6 Å². The zero-order chi connectivity index (χ0) is 15.6. The number of anilines is 1. The Labute approximate surface area is 129 Å². The quantitative estimate of drug-likeness (QED) is 0.861. The van der Waals surface area contributed by atoms with Crippen molar-refractivity contribution in [1.82, 2.24) is 15.0 Å². The number of rotatable bonds is 4. The van der Waals surface area contributed by atoms with E-state index in [9.17, 15) is 4.39 Å². The molecule has 0 aliphatic rings.